The molecule has 0 unspecified atom stereocenters. The van der Waals surface area contributed by atoms with Crippen molar-refractivity contribution in [3.63, 3.8) is 0 Å². The Labute approximate surface area is 277 Å². The summed E-state index contributed by atoms with van der Waals surface area (Å²) in [5.41, 5.74) is 5.09. The fourth-order valence-corrected chi connectivity index (χ4v) is 6.94. The Hall–Kier alpha value is -5.58. The summed E-state index contributed by atoms with van der Waals surface area (Å²) >= 11 is 0. The van der Waals surface area contributed by atoms with Crippen molar-refractivity contribution in [3.05, 3.63) is 95.1 Å². The predicted octanol–water partition coefficient (Wildman–Crippen LogP) is 5.81. The summed E-state index contributed by atoms with van der Waals surface area (Å²) in [5, 5.41) is 17.2. The van der Waals surface area contributed by atoms with Crippen LogP contribution in [-0.4, -0.2) is 51.7 Å². The maximum atomic E-state index is 13.5. The molecule has 1 saturated heterocycles. The number of phenolic OH excluding ortho intramolecular Hbond substituents is 1. The van der Waals surface area contributed by atoms with Crippen LogP contribution in [0.2, 0.25) is 0 Å². The number of cyclic esters (lactones) is 1. The number of phenols is 1. The van der Waals surface area contributed by atoms with Crippen molar-refractivity contribution in [1.82, 2.24) is 0 Å². The molecule has 248 valence electrons. The number of nitrogens with one attached hydrogen (secondary N) is 2. The molecule has 11 heteroatoms. The summed E-state index contributed by atoms with van der Waals surface area (Å²) in [4.78, 5) is 26.2. The number of hydrogen-bond donors (Lipinski definition) is 3. The van der Waals surface area contributed by atoms with E-state index in [1.165, 1.54) is 14.2 Å². The third-order valence-corrected chi connectivity index (χ3v) is 9.34. The Morgan fingerprint density at radius 1 is 0.833 bits per heavy atom. The number of carbonyl (C=O) groups excluding carboxylic acids is 2. The summed E-state index contributed by atoms with van der Waals surface area (Å²) in [7, 11) is 4.56. The second kappa shape index (κ2) is 12.9. The van der Waals surface area contributed by atoms with Gasteiger partial charge in [-0.25, -0.2) is 0 Å². The third-order valence-electron chi connectivity index (χ3n) is 9.34. The molecule has 0 bridgehead atoms. The molecule has 0 aromatic heterocycles. The first-order valence-corrected chi connectivity index (χ1v) is 15.7. The number of aromatic hydroxyl groups is 1. The van der Waals surface area contributed by atoms with Gasteiger partial charge in [0.05, 0.1) is 39.9 Å². The van der Waals surface area contributed by atoms with Gasteiger partial charge in [-0.2, -0.15) is 0 Å². The number of anilines is 2. The molecule has 4 aromatic rings. The van der Waals surface area contributed by atoms with Crippen LogP contribution in [0, 0.1) is 11.8 Å². The van der Waals surface area contributed by atoms with Gasteiger partial charge in [0.15, 0.2) is 23.0 Å². The highest BCUT2D eigenvalue weighted by atomic mass is 16.7. The molecule has 0 saturated carbocycles. The number of rotatable bonds is 10. The van der Waals surface area contributed by atoms with Crippen molar-refractivity contribution in [3.8, 4) is 34.5 Å². The van der Waals surface area contributed by atoms with Crippen LogP contribution in [0.4, 0.5) is 11.4 Å². The van der Waals surface area contributed by atoms with Crippen molar-refractivity contribution in [2.45, 2.75) is 24.8 Å². The minimum Gasteiger partial charge on any atom is -0.502 e. The Kier molecular flexibility index (Phi) is 8.34. The highest BCUT2D eigenvalue weighted by Crippen LogP contribution is 2.56. The lowest BCUT2D eigenvalue weighted by Crippen LogP contribution is -2.37. The summed E-state index contributed by atoms with van der Waals surface area (Å²) in [6.45, 7) is 0.324. The van der Waals surface area contributed by atoms with Gasteiger partial charge in [-0.3, -0.25) is 9.59 Å². The fourth-order valence-electron chi connectivity index (χ4n) is 6.94. The molecule has 48 heavy (non-hydrogen) atoms. The van der Waals surface area contributed by atoms with Crippen molar-refractivity contribution >= 4 is 23.3 Å². The third kappa shape index (κ3) is 5.76. The molecule has 0 spiro atoms. The molecule has 0 radical (unpaired) electrons. The number of aryl methyl sites for hydroxylation is 1. The largest absolute Gasteiger partial charge is 0.502 e. The second-order valence-corrected chi connectivity index (χ2v) is 12.0. The molecule has 1 amide bonds. The van der Waals surface area contributed by atoms with Gasteiger partial charge in [-0.15, -0.1) is 0 Å². The molecule has 1 aliphatic carbocycles. The van der Waals surface area contributed by atoms with Gasteiger partial charge in [0, 0.05) is 29.6 Å². The molecule has 2 aliphatic heterocycles. The topological polar surface area (TPSA) is 134 Å². The number of fused-ring (bicyclic) bond motifs is 3. The van der Waals surface area contributed by atoms with E-state index < -0.39 is 11.8 Å². The van der Waals surface area contributed by atoms with Gasteiger partial charge in [0.2, 0.25) is 18.4 Å². The van der Waals surface area contributed by atoms with Gasteiger partial charge >= 0.3 is 5.97 Å². The number of esters is 1. The van der Waals surface area contributed by atoms with Gasteiger partial charge in [-0.05, 0) is 89.3 Å². The Bertz CT molecular complexity index is 1820. The van der Waals surface area contributed by atoms with Crippen LogP contribution in [0.1, 0.15) is 40.6 Å². The van der Waals surface area contributed by atoms with Crippen LogP contribution in [-0.2, 0) is 20.7 Å². The maximum Gasteiger partial charge on any atom is 0.310 e. The number of ether oxygens (including phenoxy) is 6. The van der Waals surface area contributed by atoms with Crippen LogP contribution >= 0.6 is 0 Å². The molecule has 4 aromatic carbocycles. The molecular weight excluding hydrogens is 616 g/mol. The van der Waals surface area contributed by atoms with Crippen LogP contribution < -0.4 is 34.3 Å². The second-order valence-electron chi connectivity index (χ2n) is 12.0. The smallest absolute Gasteiger partial charge is 0.310 e. The molecule has 3 N–H and O–H groups in total. The zero-order chi connectivity index (χ0) is 33.4. The summed E-state index contributed by atoms with van der Waals surface area (Å²) < 4.78 is 33.4. The number of amides is 1. The van der Waals surface area contributed by atoms with E-state index in [-0.39, 0.29) is 54.5 Å². The average Bonchev–Trinajstić information content (AvgIpc) is 3.74. The van der Waals surface area contributed by atoms with E-state index in [0.29, 0.717) is 30.0 Å². The minimum absolute atomic E-state index is 0.0817. The molecule has 2 heterocycles. The van der Waals surface area contributed by atoms with Crippen LogP contribution in [0.5, 0.6) is 34.5 Å². The van der Waals surface area contributed by atoms with Crippen molar-refractivity contribution < 1.29 is 43.1 Å². The Morgan fingerprint density at radius 3 is 2.12 bits per heavy atom. The van der Waals surface area contributed by atoms with E-state index >= 15 is 0 Å². The molecule has 7 rings (SSSR count). The zero-order valence-corrected chi connectivity index (χ0v) is 26.8. The van der Waals surface area contributed by atoms with Gasteiger partial charge in [-0.1, -0.05) is 12.1 Å². The first kappa shape index (κ1) is 31.0. The molecule has 11 nitrogen and oxygen atoms in total. The van der Waals surface area contributed by atoms with E-state index in [4.69, 9.17) is 28.4 Å². The molecule has 4 atom stereocenters. The number of hydrogen-bond acceptors (Lipinski definition) is 10. The normalized spacial score (nSPS) is 20.3. The van der Waals surface area contributed by atoms with E-state index in [0.717, 1.165) is 33.7 Å². The average molecular weight is 653 g/mol. The van der Waals surface area contributed by atoms with Gasteiger partial charge in [0.25, 0.3) is 0 Å². The molecule has 1 fully saturated rings. The lowest BCUT2D eigenvalue weighted by atomic mass is 9.65. The van der Waals surface area contributed by atoms with Gasteiger partial charge < -0.3 is 44.2 Å². The zero-order valence-electron chi connectivity index (χ0n) is 26.8. The minimum atomic E-state index is -0.543. The lowest BCUT2D eigenvalue weighted by Gasteiger charge is -2.40. The molecule has 3 aliphatic rings. The van der Waals surface area contributed by atoms with Crippen molar-refractivity contribution in [2.24, 2.45) is 11.8 Å². The van der Waals surface area contributed by atoms with E-state index in [1.54, 1.807) is 19.2 Å². The number of carbonyl (C=O) groups is 2. The SMILES string of the molecule is COc1ccc(CCC(=O)Nc2ccc(N[C@@H]3c4cc5c(cc4[C@@H](c4cc(OC)c(O)c(OC)c4)[C@H]4C(=O)OC[C@@H]43)OCO5)cc2)cc1. The Balaban J connectivity index is 1.15. The summed E-state index contributed by atoms with van der Waals surface area (Å²) in [5.74, 6) is 0.742. The highest BCUT2D eigenvalue weighted by molar-refractivity contribution is 5.91. The highest BCUT2D eigenvalue weighted by Gasteiger charge is 2.52. The van der Waals surface area contributed by atoms with Crippen LogP contribution in [0.15, 0.2) is 72.8 Å². The molecular formula is C37H36N2O9. The summed E-state index contributed by atoms with van der Waals surface area (Å²) in [6.07, 6.45) is 0.960. The number of benzene rings is 4. The van der Waals surface area contributed by atoms with E-state index in [1.807, 2.05) is 60.7 Å². The quantitative estimate of drug-likeness (QED) is 0.180. The fraction of sp³-hybridized carbons (Fsp3) is 0.297. The van der Waals surface area contributed by atoms with Crippen molar-refractivity contribution in [2.75, 3.05) is 45.4 Å². The standard InChI is InChI=1S/C37H36N2O9/c1-43-24-11-4-20(5-12-24)6-13-32(40)38-22-7-9-23(10-8-22)39-35-26-17-29-28(47-19-48-29)16-25(26)33(34-27(35)18-46-37(34)42)21-14-30(44-2)36(41)31(15-21)45-3/h4-5,7-12,14-17,27,33-35,39,41H,6,13,18-19H2,1-3H3,(H,38,40)/t27-,33+,34-,35+/m0/s1. The van der Waals surface area contributed by atoms with Gasteiger partial charge in [0.1, 0.15) is 5.75 Å². The lowest BCUT2D eigenvalue weighted by molar-refractivity contribution is -0.141. The first-order valence-electron chi connectivity index (χ1n) is 15.7. The monoisotopic (exact) mass is 652 g/mol. The van der Waals surface area contributed by atoms with Crippen LogP contribution in [0.25, 0.3) is 0 Å². The first-order chi connectivity index (χ1) is 23.4. The van der Waals surface area contributed by atoms with Crippen molar-refractivity contribution in [1.29, 1.82) is 0 Å². The maximum absolute atomic E-state index is 13.5. The van der Waals surface area contributed by atoms with E-state index in [9.17, 15) is 14.7 Å². The predicted molar refractivity (Wildman–Crippen MR) is 176 cm³/mol. The Morgan fingerprint density at radius 2 is 1.48 bits per heavy atom. The van der Waals surface area contributed by atoms with E-state index in [2.05, 4.69) is 10.6 Å². The number of methoxy groups -OCH3 is 3. The summed E-state index contributed by atoms with van der Waals surface area (Å²) in [6, 6.07) is 22.2. The van der Waals surface area contributed by atoms with Crippen LogP contribution in [0.3, 0.4) is 0 Å².